The lowest BCUT2D eigenvalue weighted by Gasteiger charge is -2.14. The van der Waals surface area contributed by atoms with Crippen LogP contribution in [0, 0.1) is 0 Å². The van der Waals surface area contributed by atoms with E-state index < -0.39 is 0 Å². The van der Waals surface area contributed by atoms with Crippen LogP contribution in [-0.4, -0.2) is 18.3 Å². The van der Waals surface area contributed by atoms with Gasteiger partial charge in [0.05, 0.1) is 49.8 Å². The highest BCUT2D eigenvalue weighted by atomic mass is 16.3. The van der Waals surface area contributed by atoms with Gasteiger partial charge in [-0.05, 0) is 84.9 Å². The fourth-order valence-electron chi connectivity index (χ4n) is 11.3. The lowest BCUT2D eigenvalue weighted by molar-refractivity contribution is 0.666. The van der Waals surface area contributed by atoms with Crippen molar-refractivity contribution >= 4 is 109 Å². The molecule has 0 saturated carbocycles. The summed E-state index contributed by atoms with van der Waals surface area (Å²) in [5.41, 5.74) is 15.4. The standard InChI is InChI=1S/C60H36N4O/c1-3-17-37(18-4-1)61-49-26-12-8-22-41(49)46-36-55-47(35-54(46)61)42-23-9-13-27-50(42)62(55)39-33-48-43-24-11-16-30-57(43)65-60(48)56(34-39)64-52-29-15-10-25-45(52)58-53(64)32-31-44-40-21-7-14-28-51(40)63(59(44)58)38-19-5-2-6-20-38/h1-36H. The fraction of sp³-hybridized carbons (Fsp3) is 0. The van der Waals surface area contributed by atoms with Gasteiger partial charge in [0.25, 0.3) is 0 Å². The number of para-hydroxylation sites is 7. The molecule has 0 saturated heterocycles. The first-order valence-corrected chi connectivity index (χ1v) is 22.3. The van der Waals surface area contributed by atoms with Gasteiger partial charge in [-0.15, -0.1) is 0 Å². The van der Waals surface area contributed by atoms with E-state index in [-0.39, 0.29) is 0 Å². The molecule has 0 N–H and O–H groups in total. The van der Waals surface area contributed by atoms with E-state index in [0.717, 1.165) is 66.8 Å². The van der Waals surface area contributed by atoms with Crippen LogP contribution in [-0.2, 0) is 0 Å². The lowest BCUT2D eigenvalue weighted by atomic mass is 10.1. The summed E-state index contributed by atoms with van der Waals surface area (Å²) in [6.45, 7) is 0. The molecule has 0 amide bonds. The van der Waals surface area contributed by atoms with E-state index in [9.17, 15) is 0 Å². The summed E-state index contributed by atoms with van der Waals surface area (Å²) in [4.78, 5) is 0. The SMILES string of the molecule is c1ccc(-n2c3ccccc3c3cc4c(cc32)c2ccccc2n4-c2cc(-n3c4ccccc4c4c3ccc3c5ccccc5n(-c5ccccc5)c34)c3oc4ccccc4c3c2)cc1. The summed E-state index contributed by atoms with van der Waals surface area (Å²) < 4.78 is 16.8. The number of rotatable bonds is 4. The molecule has 5 heteroatoms. The Morgan fingerprint density at radius 3 is 1.37 bits per heavy atom. The molecule has 0 unspecified atom stereocenters. The summed E-state index contributed by atoms with van der Waals surface area (Å²) in [6.07, 6.45) is 0. The molecule has 5 heterocycles. The molecular formula is C60H36N4O. The Bertz CT molecular complexity index is 4460. The van der Waals surface area contributed by atoms with E-state index in [1.165, 1.54) is 65.2 Å². The lowest BCUT2D eigenvalue weighted by Crippen LogP contribution is -2.00. The highest BCUT2D eigenvalue weighted by Crippen LogP contribution is 2.46. The summed E-state index contributed by atoms with van der Waals surface area (Å²) in [7, 11) is 0. The summed E-state index contributed by atoms with van der Waals surface area (Å²) >= 11 is 0. The average molecular weight is 829 g/mol. The first kappa shape index (κ1) is 34.7. The van der Waals surface area contributed by atoms with Crippen LogP contribution in [0.1, 0.15) is 0 Å². The molecule has 5 aromatic heterocycles. The van der Waals surface area contributed by atoms with Crippen molar-refractivity contribution in [2.45, 2.75) is 0 Å². The smallest absolute Gasteiger partial charge is 0.159 e. The van der Waals surface area contributed by atoms with Gasteiger partial charge in [0.15, 0.2) is 5.58 Å². The molecular weight excluding hydrogens is 793 g/mol. The fourth-order valence-corrected chi connectivity index (χ4v) is 11.3. The van der Waals surface area contributed by atoms with Gasteiger partial charge in [-0.3, -0.25) is 0 Å². The zero-order chi connectivity index (χ0) is 42.3. The van der Waals surface area contributed by atoms with Gasteiger partial charge in [0.1, 0.15) is 5.58 Å². The van der Waals surface area contributed by atoms with Gasteiger partial charge < -0.3 is 22.7 Å². The number of hydrogen-bond donors (Lipinski definition) is 0. The Balaban J connectivity index is 1.09. The zero-order valence-corrected chi connectivity index (χ0v) is 35.0. The molecule has 0 fully saturated rings. The Kier molecular flexibility index (Phi) is 6.89. The van der Waals surface area contributed by atoms with Crippen LogP contribution in [0.2, 0.25) is 0 Å². The minimum Gasteiger partial charge on any atom is -0.454 e. The predicted molar refractivity (Wildman–Crippen MR) is 271 cm³/mol. The molecule has 0 aliphatic rings. The normalized spacial score (nSPS) is 12.3. The second-order valence-electron chi connectivity index (χ2n) is 17.3. The summed E-state index contributed by atoms with van der Waals surface area (Å²) in [5, 5.41) is 11.9. The predicted octanol–water partition coefficient (Wildman–Crippen LogP) is 16.0. The highest BCUT2D eigenvalue weighted by Gasteiger charge is 2.25. The highest BCUT2D eigenvalue weighted by molar-refractivity contribution is 6.27. The van der Waals surface area contributed by atoms with Gasteiger partial charge >= 0.3 is 0 Å². The number of fused-ring (bicyclic) bond motifs is 16. The van der Waals surface area contributed by atoms with Gasteiger partial charge in [-0.1, -0.05) is 133 Å². The van der Waals surface area contributed by atoms with Gasteiger partial charge in [0, 0.05) is 70.9 Å². The Labute approximate surface area is 371 Å². The molecule has 5 nitrogen and oxygen atoms in total. The molecule has 10 aromatic carbocycles. The number of hydrogen-bond acceptors (Lipinski definition) is 1. The van der Waals surface area contributed by atoms with Crippen molar-refractivity contribution in [2.24, 2.45) is 0 Å². The molecule has 0 aliphatic heterocycles. The van der Waals surface area contributed by atoms with E-state index >= 15 is 0 Å². The average Bonchev–Trinajstić information content (AvgIpc) is 4.16. The molecule has 0 radical (unpaired) electrons. The van der Waals surface area contributed by atoms with E-state index in [2.05, 4.69) is 237 Å². The largest absolute Gasteiger partial charge is 0.454 e. The third-order valence-corrected chi connectivity index (χ3v) is 13.9. The number of aromatic nitrogens is 4. The zero-order valence-electron chi connectivity index (χ0n) is 35.0. The maximum absolute atomic E-state index is 6.99. The summed E-state index contributed by atoms with van der Waals surface area (Å²) in [6, 6.07) is 79.4. The second-order valence-corrected chi connectivity index (χ2v) is 17.3. The quantitative estimate of drug-likeness (QED) is 0.174. The van der Waals surface area contributed by atoms with Crippen molar-refractivity contribution in [2.75, 3.05) is 0 Å². The molecule has 15 rings (SSSR count). The topological polar surface area (TPSA) is 32.9 Å². The van der Waals surface area contributed by atoms with Crippen LogP contribution < -0.4 is 0 Å². The molecule has 0 aliphatic carbocycles. The van der Waals surface area contributed by atoms with Crippen molar-refractivity contribution in [3.8, 4) is 22.7 Å². The first-order valence-electron chi connectivity index (χ1n) is 22.3. The summed E-state index contributed by atoms with van der Waals surface area (Å²) in [5.74, 6) is 0. The monoisotopic (exact) mass is 828 g/mol. The van der Waals surface area contributed by atoms with E-state index in [0.29, 0.717) is 0 Å². The van der Waals surface area contributed by atoms with Crippen molar-refractivity contribution in [1.82, 2.24) is 18.3 Å². The minimum absolute atomic E-state index is 0.857. The van der Waals surface area contributed by atoms with Crippen LogP contribution in [0.3, 0.4) is 0 Å². The Morgan fingerprint density at radius 2 is 0.738 bits per heavy atom. The van der Waals surface area contributed by atoms with Gasteiger partial charge in [-0.2, -0.15) is 0 Å². The minimum atomic E-state index is 0.857. The third kappa shape index (κ3) is 4.65. The van der Waals surface area contributed by atoms with Crippen LogP contribution >= 0.6 is 0 Å². The second kappa shape index (κ2) is 12.9. The maximum atomic E-state index is 6.99. The van der Waals surface area contributed by atoms with Gasteiger partial charge in [0.2, 0.25) is 0 Å². The molecule has 15 aromatic rings. The van der Waals surface area contributed by atoms with Crippen LogP contribution in [0.25, 0.3) is 132 Å². The first-order chi connectivity index (χ1) is 32.3. The molecule has 0 bridgehead atoms. The van der Waals surface area contributed by atoms with Crippen LogP contribution in [0.15, 0.2) is 223 Å². The van der Waals surface area contributed by atoms with Gasteiger partial charge in [-0.25, -0.2) is 0 Å². The van der Waals surface area contributed by atoms with Crippen molar-refractivity contribution in [3.05, 3.63) is 218 Å². The molecule has 0 atom stereocenters. The molecule has 0 spiro atoms. The van der Waals surface area contributed by atoms with Crippen molar-refractivity contribution in [3.63, 3.8) is 0 Å². The Morgan fingerprint density at radius 1 is 0.262 bits per heavy atom. The van der Waals surface area contributed by atoms with Crippen molar-refractivity contribution < 1.29 is 4.42 Å². The van der Waals surface area contributed by atoms with Crippen LogP contribution in [0.5, 0.6) is 0 Å². The van der Waals surface area contributed by atoms with Crippen molar-refractivity contribution in [1.29, 1.82) is 0 Å². The van der Waals surface area contributed by atoms with E-state index in [1.54, 1.807) is 0 Å². The molecule has 65 heavy (non-hydrogen) atoms. The maximum Gasteiger partial charge on any atom is 0.159 e. The number of nitrogens with zero attached hydrogens (tertiary/aromatic N) is 4. The Hall–Kier alpha value is -8.80. The van der Waals surface area contributed by atoms with E-state index in [1.807, 2.05) is 0 Å². The third-order valence-electron chi connectivity index (χ3n) is 13.9. The van der Waals surface area contributed by atoms with E-state index in [4.69, 9.17) is 4.42 Å². The number of furan rings is 1. The number of benzene rings is 10. The van der Waals surface area contributed by atoms with Crippen LogP contribution in [0.4, 0.5) is 0 Å². The molecule has 302 valence electrons.